The summed E-state index contributed by atoms with van der Waals surface area (Å²) >= 11 is 0. The molecule has 4 atom stereocenters. The first-order chi connectivity index (χ1) is 8.02. The van der Waals surface area contributed by atoms with Crippen LogP contribution < -0.4 is 0 Å². The van der Waals surface area contributed by atoms with Crippen LogP contribution in [0, 0.1) is 11.8 Å². The maximum atomic E-state index is 9.58. The molecule has 0 bridgehead atoms. The summed E-state index contributed by atoms with van der Waals surface area (Å²) in [6.45, 7) is 6.35. The molecule has 0 aromatic heterocycles. The number of fused-ring (bicyclic) bond motifs is 1. The summed E-state index contributed by atoms with van der Waals surface area (Å²) in [6.07, 6.45) is 8.53. The number of aliphatic hydroxyl groups is 1. The molecule has 0 radical (unpaired) electrons. The summed E-state index contributed by atoms with van der Waals surface area (Å²) in [6, 6.07) is 0. The number of aliphatic hydroxyl groups excluding tert-OH is 1. The van der Waals surface area contributed by atoms with Crippen LogP contribution in [0.25, 0.3) is 0 Å². The van der Waals surface area contributed by atoms with Crippen LogP contribution in [0.5, 0.6) is 0 Å². The van der Waals surface area contributed by atoms with Gasteiger partial charge in [-0.25, -0.2) is 0 Å². The Morgan fingerprint density at radius 3 is 2.59 bits per heavy atom. The molecule has 1 N–H and O–H groups in total. The lowest BCUT2D eigenvalue weighted by Crippen LogP contribution is -2.30. The smallest absolute Gasteiger partial charge is 0.0719 e. The largest absolute Gasteiger partial charge is 0.393 e. The third kappa shape index (κ3) is 3.45. The van der Waals surface area contributed by atoms with Crippen molar-refractivity contribution in [1.29, 1.82) is 0 Å². The van der Waals surface area contributed by atoms with Gasteiger partial charge in [0.25, 0.3) is 0 Å². The van der Waals surface area contributed by atoms with Crippen LogP contribution in [0.1, 0.15) is 65.7 Å². The second-order valence-corrected chi connectivity index (χ2v) is 6.67. The van der Waals surface area contributed by atoms with Crippen molar-refractivity contribution < 1.29 is 9.84 Å². The Morgan fingerprint density at radius 2 is 2.00 bits per heavy atom. The van der Waals surface area contributed by atoms with Gasteiger partial charge in [0.05, 0.1) is 17.8 Å². The first-order valence-electron chi connectivity index (χ1n) is 7.38. The average Bonchev–Trinajstić information content (AvgIpc) is 2.88. The molecular formula is C15H28O2. The van der Waals surface area contributed by atoms with Crippen LogP contribution in [0.3, 0.4) is 0 Å². The Bertz CT molecular complexity index is 239. The Balaban J connectivity index is 1.88. The van der Waals surface area contributed by atoms with Gasteiger partial charge in [0.15, 0.2) is 0 Å². The molecule has 0 aromatic rings. The van der Waals surface area contributed by atoms with Crippen molar-refractivity contribution >= 4 is 0 Å². The topological polar surface area (TPSA) is 29.5 Å². The van der Waals surface area contributed by atoms with Crippen LogP contribution >= 0.6 is 0 Å². The zero-order valence-corrected chi connectivity index (χ0v) is 11.6. The molecular weight excluding hydrogens is 212 g/mol. The molecule has 2 saturated carbocycles. The SMILES string of the molecule is CC(C)C[C@H](C[C@@H](C)O)O[C@]12CCCC[C@H]1C2. The molecule has 0 aliphatic heterocycles. The predicted octanol–water partition coefficient (Wildman–Crippen LogP) is 3.52. The van der Waals surface area contributed by atoms with Gasteiger partial charge in [0, 0.05) is 0 Å². The lowest BCUT2D eigenvalue weighted by molar-refractivity contribution is -0.0751. The fourth-order valence-electron chi connectivity index (χ4n) is 3.48. The molecule has 2 aliphatic carbocycles. The third-order valence-corrected chi connectivity index (χ3v) is 4.32. The molecule has 0 heterocycles. The first kappa shape index (κ1) is 13.4. The van der Waals surface area contributed by atoms with Crippen molar-refractivity contribution in [2.45, 2.75) is 83.5 Å². The van der Waals surface area contributed by atoms with Gasteiger partial charge in [0.1, 0.15) is 0 Å². The molecule has 2 fully saturated rings. The highest BCUT2D eigenvalue weighted by Crippen LogP contribution is 2.57. The summed E-state index contributed by atoms with van der Waals surface area (Å²) in [5, 5.41) is 9.58. The van der Waals surface area contributed by atoms with Gasteiger partial charge < -0.3 is 9.84 Å². The van der Waals surface area contributed by atoms with Gasteiger partial charge >= 0.3 is 0 Å². The molecule has 2 aliphatic rings. The van der Waals surface area contributed by atoms with Crippen molar-refractivity contribution in [1.82, 2.24) is 0 Å². The molecule has 0 unspecified atom stereocenters. The maximum absolute atomic E-state index is 9.58. The first-order valence-corrected chi connectivity index (χ1v) is 7.38. The minimum absolute atomic E-state index is 0.229. The maximum Gasteiger partial charge on any atom is 0.0719 e. The zero-order chi connectivity index (χ0) is 12.5. The van der Waals surface area contributed by atoms with Crippen molar-refractivity contribution in [3.05, 3.63) is 0 Å². The van der Waals surface area contributed by atoms with E-state index in [2.05, 4.69) is 13.8 Å². The number of hydrogen-bond acceptors (Lipinski definition) is 2. The fraction of sp³-hybridized carbons (Fsp3) is 1.00. The van der Waals surface area contributed by atoms with E-state index in [4.69, 9.17) is 4.74 Å². The van der Waals surface area contributed by atoms with Crippen LogP contribution in [-0.4, -0.2) is 22.9 Å². The van der Waals surface area contributed by atoms with E-state index in [1.54, 1.807) is 0 Å². The molecule has 0 spiro atoms. The van der Waals surface area contributed by atoms with Crippen LogP contribution in [-0.2, 0) is 4.74 Å². The van der Waals surface area contributed by atoms with E-state index in [0.29, 0.717) is 5.92 Å². The van der Waals surface area contributed by atoms with Crippen molar-refractivity contribution in [2.24, 2.45) is 11.8 Å². The van der Waals surface area contributed by atoms with Gasteiger partial charge in [0.2, 0.25) is 0 Å². The number of hydrogen-bond donors (Lipinski definition) is 1. The zero-order valence-electron chi connectivity index (χ0n) is 11.6. The molecule has 2 heteroatoms. The molecule has 0 saturated heterocycles. The highest BCUT2D eigenvalue weighted by atomic mass is 16.5. The monoisotopic (exact) mass is 240 g/mol. The summed E-state index contributed by atoms with van der Waals surface area (Å²) in [5.74, 6) is 1.48. The highest BCUT2D eigenvalue weighted by Gasteiger charge is 2.56. The van der Waals surface area contributed by atoms with Crippen LogP contribution in [0.15, 0.2) is 0 Å². The van der Waals surface area contributed by atoms with E-state index in [0.717, 1.165) is 18.8 Å². The molecule has 100 valence electrons. The lowest BCUT2D eigenvalue weighted by Gasteiger charge is -2.30. The predicted molar refractivity (Wildman–Crippen MR) is 69.9 cm³/mol. The highest BCUT2D eigenvalue weighted by molar-refractivity contribution is 5.07. The Kier molecular flexibility index (Phi) is 4.14. The van der Waals surface area contributed by atoms with E-state index in [1.807, 2.05) is 6.92 Å². The fourth-order valence-corrected chi connectivity index (χ4v) is 3.48. The van der Waals surface area contributed by atoms with Crippen molar-refractivity contribution in [3.63, 3.8) is 0 Å². The summed E-state index contributed by atoms with van der Waals surface area (Å²) in [5.41, 5.74) is 0.229. The molecule has 0 amide bonds. The summed E-state index contributed by atoms with van der Waals surface area (Å²) in [7, 11) is 0. The van der Waals surface area contributed by atoms with Crippen LogP contribution in [0.2, 0.25) is 0 Å². The minimum Gasteiger partial charge on any atom is -0.393 e. The van der Waals surface area contributed by atoms with E-state index in [-0.39, 0.29) is 17.8 Å². The van der Waals surface area contributed by atoms with E-state index >= 15 is 0 Å². The average molecular weight is 240 g/mol. The van der Waals surface area contributed by atoms with Gasteiger partial charge in [-0.1, -0.05) is 26.7 Å². The Morgan fingerprint density at radius 1 is 1.24 bits per heavy atom. The minimum atomic E-state index is -0.240. The second kappa shape index (κ2) is 5.27. The quantitative estimate of drug-likeness (QED) is 0.769. The van der Waals surface area contributed by atoms with Crippen molar-refractivity contribution in [2.75, 3.05) is 0 Å². The molecule has 2 rings (SSSR count). The second-order valence-electron chi connectivity index (χ2n) is 6.67. The van der Waals surface area contributed by atoms with Gasteiger partial charge in [-0.3, -0.25) is 0 Å². The van der Waals surface area contributed by atoms with Gasteiger partial charge in [-0.05, 0) is 50.9 Å². The Labute approximate surface area is 106 Å². The summed E-state index contributed by atoms with van der Waals surface area (Å²) < 4.78 is 6.41. The number of ether oxygens (including phenoxy) is 1. The Hall–Kier alpha value is -0.0800. The van der Waals surface area contributed by atoms with Gasteiger partial charge in [-0.15, -0.1) is 0 Å². The van der Waals surface area contributed by atoms with Crippen LogP contribution in [0.4, 0.5) is 0 Å². The third-order valence-electron chi connectivity index (χ3n) is 4.32. The van der Waals surface area contributed by atoms with E-state index in [1.165, 1.54) is 32.1 Å². The summed E-state index contributed by atoms with van der Waals surface area (Å²) in [4.78, 5) is 0. The molecule has 2 nitrogen and oxygen atoms in total. The number of rotatable bonds is 6. The lowest BCUT2D eigenvalue weighted by atomic mass is 9.96. The standard InChI is InChI=1S/C15H28O2/c1-11(2)8-14(9-12(3)16)17-15-7-5-4-6-13(15)10-15/h11-14,16H,4-10H2,1-3H3/t12-,13+,14-,15+/m1/s1. The van der Waals surface area contributed by atoms with E-state index < -0.39 is 0 Å². The van der Waals surface area contributed by atoms with E-state index in [9.17, 15) is 5.11 Å². The van der Waals surface area contributed by atoms with Crippen molar-refractivity contribution in [3.8, 4) is 0 Å². The normalized spacial score (nSPS) is 35.5. The van der Waals surface area contributed by atoms with Gasteiger partial charge in [-0.2, -0.15) is 0 Å². The molecule has 17 heavy (non-hydrogen) atoms. The molecule has 0 aromatic carbocycles.